The molecule has 0 unspecified atom stereocenters. The Kier molecular flexibility index (Phi) is 3.51. The zero-order chi connectivity index (χ0) is 8.81. The summed E-state index contributed by atoms with van der Waals surface area (Å²) in [6, 6.07) is 1.95. The first kappa shape index (κ1) is 8.97. The molecule has 0 aromatic carbocycles. The number of unbranched alkanes of at least 4 members (excludes halogenated alkanes) is 1. The highest BCUT2D eigenvalue weighted by Gasteiger charge is 1.89. The second-order valence-electron chi connectivity index (χ2n) is 2.80. The van der Waals surface area contributed by atoms with Crippen LogP contribution in [0, 0.1) is 0 Å². The molecule has 0 spiro atoms. The molecule has 1 heterocycles. The maximum absolute atomic E-state index is 4.24. The van der Waals surface area contributed by atoms with Crippen LogP contribution < -0.4 is 0 Å². The van der Waals surface area contributed by atoms with Crippen LogP contribution in [-0.2, 0) is 7.05 Å². The molecule has 0 saturated carbocycles. The SMILES string of the molecule is CCCCN=Cc1ccn(C)n1. The van der Waals surface area contributed by atoms with Crippen molar-refractivity contribution in [3.8, 4) is 0 Å². The van der Waals surface area contributed by atoms with Crippen molar-refractivity contribution in [1.29, 1.82) is 0 Å². The van der Waals surface area contributed by atoms with E-state index in [2.05, 4.69) is 17.0 Å². The summed E-state index contributed by atoms with van der Waals surface area (Å²) in [4.78, 5) is 4.24. The van der Waals surface area contributed by atoms with Crippen molar-refractivity contribution in [3.63, 3.8) is 0 Å². The fourth-order valence-electron chi connectivity index (χ4n) is 0.909. The predicted molar refractivity (Wildman–Crippen MR) is 50.6 cm³/mol. The number of hydrogen-bond donors (Lipinski definition) is 0. The number of rotatable bonds is 4. The van der Waals surface area contributed by atoms with Gasteiger partial charge in [0.25, 0.3) is 0 Å². The maximum atomic E-state index is 4.24. The van der Waals surface area contributed by atoms with E-state index in [1.807, 2.05) is 25.5 Å². The number of aryl methyl sites for hydroxylation is 1. The topological polar surface area (TPSA) is 30.2 Å². The minimum atomic E-state index is 0.910. The largest absolute Gasteiger partial charge is 0.291 e. The highest BCUT2D eigenvalue weighted by Crippen LogP contribution is 1.91. The smallest absolute Gasteiger partial charge is 0.103 e. The Morgan fingerprint density at radius 3 is 3.08 bits per heavy atom. The summed E-state index contributed by atoms with van der Waals surface area (Å²) in [5, 5.41) is 4.18. The van der Waals surface area contributed by atoms with Gasteiger partial charge in [-0.2, -0.15) is 5.10 Å². The molecule has 1 rings (SSSR count). The van der Waals surface area contributed by atoms with E-state index in [0.717, 1.165) is 18.7 Å². The molecule has 0 fully saturated rings. The number of aliphatic imine (C=N–C) groups is 1. The van der Waals surface area contributed by atoms with E-state index in [9.17, 15) is 0 Å². The van der Waals surface area contributed by atoms with Crippen molar-refractivity contribution in [2.45, 2.75) is 19.8 Å². The Hall–Kier alpha value is -1.12. The molecule has 1 aromatic heterocycles. The zero-order valence-corrected chi connectivity index (χ0v) is 7.70. The zero-order valence-electron chi connectivity index (χ0n) is 7.70. The molecule has 12 heavy (non-hydrogen) atoms. The highest BCUT2D eigenvalue weighted by atomic mass is 15.2. The molecular weight excluding hydrogens is 150 g/mol. The fraction of sp³-hybridized carbons (Fsp3) is 0.556. The lowest BCUT2D eigenvalue weighted by Gasteiger charge is -1.87. The predicted octanol–water partition coefficient (Wildman–Crippen LogP) is 1.64. The quantitative estimate of drug-likeness (QED) is 0.492. The van der Waals surface area contributed by atoms with E-state index in [0.29, 0.717) is 0 Å². The Balaban J connectivity index is 2.36. The first-order valence-corrected chi connectivity index (χ1v) is 4.32. The first-order chi connectivity index (χ1) is 5.83. The molecule has 0 amide bonds. The molecule has 0 aliphatic carbocycles. The molecule has 0 atom stereocenters. The van der Waals surface area contributed by atoms with Gasteiger partial charge in [-0.15, -0.1) is 0 Å². The highest BCUT2D eigenvalue weighted by molar-refractivity contribution is 5.76. The van der Waals surface area contributed by atoms with Gasteiger partial charge in [0.05, 0.1) is 0 Å². The Labute approximate surface area is 73.1 Å². The molecule has 66 valence electrons. The summed E-state index contributed by atoms with van der Waals surface area (Å²) in [6.45, 7) is 3.07. The minimum absolute atomic E-state index is 0.910. The molecule has 0 N–H and O–H groups in total. The Bertz CT molecular complexity index is 250. The molecule has 0 aliphatic rings. The second kappa shape index (κ2) is 4.70. The lowest BCUT2D eigenvalue weighted by Crippen LogP contribution is -1.90. The molecule has 3 heteroatoms. The molecule has 0 radical (unpaired) electrons. The monoisotopic (exact) mass is 165 g/mol. The van der Waals surface area contributed by atoms with E-state index in [1.165, 1.54) is 6.42 Å². The van der Waals surface area contributed by atoms with Crippen LogP contribution in [0.1, 0.15) is 25.5 Å². The van der Waals surface area contributed by atoms with Crippen molar-refractivity contribution in [2.24, 2.45) is 12.0 Å². The minimum Gasteiger partial charge on any atom is -0.291 e. The summed E-state index contributed by atoms with van der Waals surface area (Å²) in [5.74, 6) is 0. The summed E-state index contributed by atoms with van der Waals surface area (Å²) in [7, 11) is 1.91. The molecule has 0 saturated heterocycles. The van der Waals surface area contributed by atoms with E-state index in [-0.39, 0.29) is 0 Å². The number of aromatic nitrogens is 2. The third-order valence-corrected chi connectivity index (χ3v) is 1.60. The molecule has 3 nitrogen and oxygen atoms in total. The number of nitrogens with zero attached hydrogens (tertiary/aromatic N) is 3. The van der Waals surface area contributed by atoms with Crippen LogP contribution in [0.15, 0.2) is 17.3 Å². The van der Waals surface area contributed by atoms with E-state index >= 15 is 0 Å². The van der Waals surface area contributed by atoms with Crippen LogP contribution in [0.3, 0.4) is 0 Å². The maximum Gasteiger partial charge on any atom is 0.103 e. The third-order valence-electron chi connectivity index (χ3n) is 1.60. The van der Waals surface area contributed by atoms with Gasteiger partial charge in [0.15, 0.2) is 0 Å². The van der Waals surface area contributed by atoms with Crippen molar-refractivity contribution in [1.82, 2.24) is 9.78 Å². The molecule has 1 aromatic rings. The third kappa shape index (κ3) is 2.86. The van der Waals surface area contributed by atoms with Gasteiger partial charge in [0, 0.05) is 26.0 Å². The van der Waals surface area contributed by atoms with Gasteiger partial charge in [0.2, 0.25) is 0 Å². The Morgan fingerprint density at radius 1 is 1.67 bits per heavy atom. The summed E-state index contributed by atoms with van der Waals surface area (Å²) in [6.07, 6.45) is 6.10. The summed E-state index contributed by atoms with van der Waals surface area (Å²) in [5.41, 5.74) is 0.939. The first-order valence-electron chi connectivity index (χ1n) is 4.32. The number of hydrogen-bond acceptors (Lipinski definition) is 2. The second-order valence-corrected chi connectivity index (χ2v) is 2.80. The van der Waals surface area contributed by atoms with Crippen molar-refractivity contribution in [3.05, 3.63) is 18.0 Å². The van der Waals surface area contributed by atoms with Crippen molar-refractivity contribution < 1.29 is 0 Å². The van der Waals surface area contributed by atoms with Gasteiger partial charge in [-0.05, 0) is 12.5 Å². The van der Waals surface area contributed by atoms with Crippen LogP contribution in [-0.4, -0.2) is 22.5 Å². The molecule has 0 aliphatic heterocycles. The van der Waals surface area contributed by atoms with Crippen LogP contribution in [0.5, 0.6) is 0 Å². The van der Waals surface area contributed by atoms with Gasteiger partial charge in [-0.3, -0.25) is 9.67 Å². The van der Waals surface area contributed by atoms with E-state index < -0.39 is 0 Å². The standard InChI is InChI=1S/C9H15N3/c1-3-4-6-10-8-9-5-7-12(2)11-9/h5,7-8H,3-4,6H2,1-2H3. The van der Waals surface area contributed by atoms with Crippen LogP contribution in [0.2, 0.25) is 0 Å². The van der Waals surface area contributed by atoms with Crippen molar-refractivity contribution in [2.75, 3.05) is 6.54 Å². The van der Waals surface area contributed by atoms with Gasteiger partial charge in [-0.25, -0.2) is 0 Å². The lowest BCUT2D eigenvalue weighted by molar-refractivity contribution is 0.764. The van der Waals surface area contributed by atoms with Crippen LogP contribution in [0.4, 0.5) is 0 Å². The summed E-state index contributed by atoms with van der Waals surface area (Å²) < 4.78 is 1.78. The van der Waals surface area contributed by atoms with E-state index in [1.54, 1.807) is 4.68 Å². The van der Waals surface area contributed by atoms with Crippen LogP contribution in [0.25, 0.3) is 0 Å². The molecule has 0 bridgehead atoms. The Morgan fingerprint density at radius 2 is 2.50 bits per heavy atom. The molecular formula is C9H15N3. The average molecular weight is 165 g/mol. The van der Waals surface area contributed by atoms with Gasteiger partial charge < -0.3 is 0 Å². The van der Waals surface area contributed by atoms with Gasteiger partial charge in [0.1, 0.15) is 5.69 Å². The van der Waals surface area contributed by atoms with Crippen molar-refractivity contribution >= 4 is 6.21 Å². The van der Waals surface area contributed by atoms with Crippen LogP contribution >= 0.6 is 0 Å². The fourth-order valence-corrected chi connectivity index (χ4v) is 0.909. The van der Waals surface area contributed by atoms with E-state index in [4.69, 9.17) is 0 Å². The van der Waals surface area contributed by atoms with Gasteiger partial charge in [-0.1, -0.05) is 13.3 Å². The average Bonchev–Trinajstić information content (AvgIpc) is 2.45. The van der Waals surface area contributed by atoms with Gasteiger partial charge >= 0.3 is 0 Å². The normalized spacial score (nSPS) is 11.2. The lowest BCUT2D eigenvalue weighted by atomic mass is 10.3. The summed E-state index contributed by atoms with van der Waals surface area (Å²) >= 11 is 0.